The van der Waals surface area contributed by atoms with Gasteiger partial charge in [0.2, 0.25) is 15.8 Å². The SMILES string of the molecule is CCCc1ccc(S(=O)(=O)NCC2CCN(CCOc3cccc4c3OCCO4)C2)cc1. The first-order valence-electron chi connectivity index (χ1n) is 11.4. The van der Waals surface area contributed by atoms with Crippen molar-refractivity contribution in [3.8, 4) is 17.2 Å². The summed E-state index contributed by atoms with van der Waals surface area (Å²) in [5, 5.41) is 0. The molecular formula is C24H32N2O5S. The molecule has 2 aromatic carbocycles. The average Bonchev–Trinajstić information content (AvgIpc) is 3.26. The van der Waals surface area contributed by atoms with Crippen LogP contribution in [0.5, 0.6) is 17.2 Å². The number of ether oxygens (including phenoxy) is 3. The second-order valence-electron chi connectivity index (χ2n) is 8.33. The van der Waals surface area contributed by atoms with Crippen LogP contribution in [-0.4, -0.2) is 59.3 Å². The molecule has 1 fully saturated rings. The van der Waals surface area contributed by atoms with Gasteiger partial charge in [-0.3, -0.25) is 4.90 Å². The number of nitrogens with one attached hydrogen (secondary N) is 1. The van der Waals surface area contributed by atoms with Crippen molar-refractivity contribution >= 4 is 10.0 Å². The maximum absolute atomic E-state index is 12.6. The van der Waals surface area contributed by atoms with Crippen LogP contribution in [0.15, 0.2) is 47.4 Å². The maximum Gasteiger partial charge on any atom is 0.240 e. The molecule has 0 spiro atoms. The van der Waals surface area contributed by atoms with Crippen molar-refractivity contribution in [1.29, 1.82) is 0 Å². The van der Waals surface area contributed by atoms with Gasteiger partial charge in [-0.2, -0.15) is 0 Å². The summed E-state index contributed by atoms with van der Waals surface area (Å²) < 4.78 is 45.2. The van der Waals surface area contributed by atoms with Crippen LogP contribution in [0.4, 0.5) is 0 Å². The van der Waals surface area contributed by atoms with Crippen LogP contribution in [-0.2, 0) is 16.4 Å². The summed E-state index contributed by atoms with van der Waals surface area (Å²) in [7, 11) is -3.48. The van der Waals surface area contributed by atoms with Gasteiger partial charge in [-0.25, -0.2) is 13.1 Å². The molecule has 1 N–H and O–H groups in total. The molecule has 1 atom stereocenters. The summed E-state index contributed by atoms with van der Waals surface area (Å²) in [5.74, 6) is 2.40. The van der Waals surface area contributed by atoms with E-state index in [0.29, 0.717) is 48.7 Å². The van der Waals surface area contributed by atoms with E-state index < -0.39 is 10.0 Å². The van der Waals surface area contributed by atoms with Crippen LogP contribution in [0.25, 0.3) is 0 Å². The van der Waals surface area contributed by atoms with Gasteiger partial charge in [-0.1, -0.05) is 31.5 Å². The molecule has 0 aromatic heterocycles. The van der Waals surface area contributed by atoms with Crippen molar-refractivity contribution in [2.45, 2.75) is 31.1 Å². The van der Waals surface area contributed by atoms with Crippen LogP contribution in [0.3, 0.4) is 0 Å². The zero-order chi connectivity index (χ0) is 22.4. The van der Waals surface area contributed by atoms with Gasteiger partial charge in [0.15, 0.2) is 11.5 Å². The number of sulfonamides is 1. The highest BCUT2D eigenvalue weighted by atomic mass is 32.2. The largest absolute Gasteiger partial charge is 0.488 e. The number of hydrogen-bond acceptors (Lipinski definition) is 6. The summed E-state index contributed by atoms with van der Waals surface area (Å²) in [6, 6.07) is 12.9. The van der Waals surface area contributed by atoms with Crippen molar-refractivity contribution in [3.05, 3.63) is 48.0 Å². The predicted molar refractivity (Wildman–Crippen MR) is 123 cm³/mol. The Morgan fingerprint density at radius 3 is 2.75 bits per heavy atom. The van der Waals surface area contributed by atoms with E-state index in [4.69, 9.17) is 14.2 Å². The van der Waals surface area contributed by atoms with Crippen molar-refractivity contribution in [1.82, 2.24) is 9.62 Å². The lowest BCUT2D eigenvalue weighted by Crippen LogP contribution is -2.32. The van der Waals surface area contributed by atoms with E-state index in [1.165, 1.54) is 0 Å². The minimum Gasteiger partial charge on any atom is -0.488 e. The molecule has 1 unspecified atom stereocenters. The van der Waals surface area contributed by atoms with E-state index in [1.54, 1.807) is 12.1 Å². The molecule has 7 nitrogen and oxygen atoms in total. The van der Waals surface area contributed by atoms with E-state index in [9.17, 15) is 8.42 Å². The molecule has 2 heterocycles. The lowest BCUT2D eigenvalue weighted by Gasteiger charge is -2.22. The molecule has 0 aliphatic carbocycles. The number of aryl methyl sites for hydroxylation is 1. The fraction of sp³-hybridized carbons (Fsp3) is 0.500. The molecule has 2 aliphatic rings. The minimum atomic E-state index is -3.48. The Balaban J connectivity index is 1.21. The normalized spacial score (nSPS) is 18.6. The highest BCUT2D eigenvalue weighted by Crippen LogP contribution is 2.38. The van der Waals surface area contributed by atoms with Crippen molar-refractivity contribution in [2.75, 3.05) is 46.0 Å². The van der Waals surface area contributed by atoms with Gasteiger partial charge in [0, 0.05) is 19.6 Å². The molecule has 2 aromatic rings. The van der Waals surface area contributed by atoms with Gasteiger partial charge < -0.3 is 14.2 Å². The highest BCUT2D eigenvalue weighted by molar-refractivity contribution is 7.89. The number of hydrogen-bond donors (Lipinski definition) is 1. The van der Waals surface area contributed by atoms with Crippen LogP contribution in [0, 0.1) is 5.92 Å². The third-order valence-corrected chi connectivity index (χ3v) is 7.34. The topological polar surface area (TPSA) is 77.1 Å². The number of nitrogens with zero attached hydrogens (tertiary/aromatic N) is 1. The van der Waals surface area contributed by atoms with Gasteiger partial charge in [-0.05, 0) is 55.1 Å². The number of para-hydroxylation sites is 1. The molecule has 2 aliphatic heterocycles. The van der Waals surface area contributed by atoms with Crippen LogP contribution in [0.1, 0.15) is 25.3 Å². The summed E-state index contributed by atoms with van der Waals surface area (Å²) in [6.07, 6.45) is 2.97. The predicted octanol–water partition coefficient (Wildman–Crippen LogP) is 3.09. The Kier molecular flexibility index (Phi) is 7.55. The van der Waals surface area contributed by atoms with E-state index in [-0.39, 0.29) is 0 Å². The molecule has 1 saturated heterocycles. The van der Waals surface area contributed by atoms with Crippen molar-refractivity contribution in [2.24, 2.45) is 5.92 Å². The fourth-order valence-electron chi connectivity index (χ4n) is 4.16. The third-order valence-electron chi connectivity index (χ3n) is 5.90. The summed E-state index contributed by atoms with van der Waals surface area (Å²) >= 11 is 0. The lowest BCUT2D eigenvalue weighted by atomic mass is 10.1. The molecule has 8 heteroatoms. The Labute approximate surface area is 190 Å². The number of likely N-dealkylation sites (tertiary alicyclic amines) is 1. The molecule has 0 amide bonds. The second-order valence-corrected chi connectivity index (χ2v) is 10.1. The standard InChI is InChI=1S/C24H32N2O5S/c1-2-4-19-7-9-21(10-8-19)32(27,28)25-17-20-11-12-26(18-20)13-14-29-22-5-3-6-23-24(22)31-16-15-30-23/h3,5-10,20,25H,2,4,11-18H2,1H3. The Bertz CT molecular complexity index is 994. The number of benzene rings is 2. The third kappa shape index (κ3) is 5.74. The van der Waals surface area contributed by atoms with Crippen LogP contribution in [0.2, 0.25) is 0 Å². The van der Waals surface area contributed by atoms with Crippen molar-refractivity contribution in [3.63, 3.8) is 0 Å². The Morgan fingerprint density at radius 1 is 1.12 bits per heavy atom. The zero-order valence-corrected chi connectivity index (χ0v) is 19.4. The van der Waals surface area contributed by atoms with Gasteiger partial charge in [0.05, 0.1) is 4.90 Å². The monoisotopic (exact) mass is 460 g/mol. The molecule has 4 rings (SSSR count). The molecule has 174 valence electrons. The summed E-state index contributed by atoms with van der Waals surface area (Å²) in [6.45, 7) is 6.77. The highest BCUT2D eigenvalue weighted by Gasteiger charge is 2.25. The van der Waals surface area contributed by atoms with Gasteiger partial charge in [-0.15, -0.1) is 0 Å². The van der Waals surface area contributed by atoms with Crippen LogP contribution >= 0.6 is 0 Å². The lowest BCUT2D eigenvalue weighted by molar-refractivity contribution is 0.158. The minimum absolute atomic E-state index is 0.297. The molecule has 32 heavy (non-hydrogen) atoms. The maximum atomic E-state index is 12.6. The van der Waals surface area contributed by atoms with Gasteiger partial charge in [0.1, 0.15) is 19.8 Å². The molecule has 0 bridgehead atoms. The first-order chi connectivity index (χ1) is 15.5. The Hall–Kier alpha value is -2.29. The smallest absolute Gasteiger partial charge is 0.240 e. The quantitative estimate of drug-likeness (QED) is 0.587. The van der Waals surface area contributed by atoms with E-state index >= 15 is 0 Å². The zero-order valence-electron chi connectivity index (χ0n) is 18.6. The molecule has 0 saturated carbocycles. The van der Waals surface area contributed by atoms with E-state index in [0.717, 1.165) is 50.2 Å². The summed E-state index contributed by atoms with van der Waals surface area (Å²) in [4.78, 5) is 2.64. The van der Waals surface area contributed by atoms with Crippen LogP contribution < -0.4 is 18.9 Å². The number of rotatable bonds is 10. The fourth-order valence-corrected chi connectivity index (χ4v) is 5.28. The van der Waals surface area contributed by atoms with Gasteiger partial charge >= 0.3 is 0 Å². The molecular weight excluding hydrogens is 428 g/mol. The summed E-state index contributed by atoms with van der Waals surface area (Å²) in [5.41, 5.74) is 1.16. The molecule has 0 radical (unpaired) electrons. The number of fused-ring (bicyclic) bond motifs is 1. The Morgan fingerprint density at radius 2 is 1.94 bits per heavy atom. The van der Waals surface area contributed by atoms with Crippen molar-refractivity contribution < 1.29 is 22.6 Å². The first-order valence-corrected chi connectivity index (χ1v) is 12.9. The van der Waals surface area contributed by atoms with E-state index in [2.05, 4.69) is 16.5 Å². The second kappa shape index (κ2) is 10.6. The average molecular weight is 461 g/mol. The first kappa shape index (κ1) is 22.9. The van der Waals surface area contributed by atoms with Gasteiger partial charge in [0.25, 0.3) is 0 Å². The van der Waals surface area contributed by atoms with E-state index in [1.807, 2.05) is 30.3 Å².